The van der Waals surface area contributed by atoms with Crippen LogP contribution in [0.4, 0.5) is 0 Å². The zero-order valence-electron chi connectivity index (χ0n) is 37.8. The summed E-state index contributed by atoms with van der Waals surface area (Å²) in [7, 11) is 3.16. The first-order valence-electron chi connectivity index (χ1n) is 22.5. The van der Waals surface area contributed by atoms with Crippen LogP contribution in [0.3, 0.4) is 0 Å². The minimum absolute atomic E-state index is 0.160. The molecule has 0 unspecified atom stereocenters. The minimum Gasteiger partial charge on any atom is -0.496 e. The summed E-state index contributed by atoms with van der Waals surface area (Å²) >= 11 is 0. The monoisotopic (exact) mass is 902 g/mol. The highest BCUT2D eigenvalue weighted by Gasteiger charge is 2.48. The molecule has 1 aliphatic heterocycles. The quantitative estimate of drug-likeness (QED) is 0.0315. The van der Waals surface area contributed by atoms with Gasteiger partial charge >= 0.3 is 5.63 Å². The second kappa shape index (κ2) is 21.8. The zero-order valence-corrected chi connectivity index (χ0v) is 37.8. The van der Waals surface area contributed by atoms with Crippen molar-refractivity contribution in [3.8, 4) is 17.2 Å². The molecule has 1 fully saturated rings. The molecule has 8 aromatic rings. The van der Waals surface area contributed by atoms with E-state index in [1.807, 2.05) is 165 Å². The van der Waals surface area contributed by atoms with E-state index in [-0.39, 0.29) is 20.0 Å². The van der Waals surface area contributed by atoms with Crippen molar-refractivity contribution in [3.05, 3.63) is 196 Å². The van der Waals surface area contributed by atoms with Crippen molar-refractivity contribution in [1.29, 1.82) is 0 Å². The average Bonchev–Trinajstić information content (AvgIpc) is 3.37. The molecule has 0 spiro atoms. The maximum absolute atomic E-state index is 14.1. The summed E-state index contributed by atoms with van der Waals surface area (Å²) in [5.41, 5.74) is 4.65. The standard InChI is InChI=1S/C56H54O11/c1-37-51(62-33-39-19-10-5-11-20-39)53(63-34-40-21-12-6-13-22-40)54(64-35-41-23-14-7-15-24-41)56(65-37)66-48-31-44-49-45(29-42(30-47(49)59-3)27-28-60-36-58-2)55(57)67-52(44)43-25-16-26-46(50(43)48)61-32-38-17-8-4-9-18-38/h4-26,29-31,37,51,53-54,56H,27-28,32-36H2,1-3H3/t37-,51-,53+,54+,56-/m0/s1. The zero-order chi connectivity index (χ0) is 46.0. The van der Waals surface area contributed by atoms with E-state index in [0.29, 0.717) is 76.0 Å². The first kappa shape index (κ1) is 45.6. The molecule has 9 rings (SSSR count). The highest BCUT2D eigenvalue weighted by Crippen LogP contribution is 2.44. The van der Waals surface area contributed by atoms with Gasteiger partial charge in [0.05, 0.1) is 50.4 Å². The molecule has 11 heteroatoms. The van der Waals surface area contributed by atoms with Gasteiger partial charge < -0.3 is 47.0 Å². The van der Waals surface area contributed by atoms with Gasteiger partial charge in [0.2, 0.25) is 6.29 Å². The van der Waals surface area contributed by atoms with E-state index in [9.17, 15) is 4.79 Å². The van der Waals surface area contributed by atoms with Crippen LogP contribution < -0.4 is 19.8 Å². The van der Waals surface area contributed by atoms with Gasteiger partial charge in [0, 0.05) is 23.3 Å². The van der Waals surface area contributed by atoms with Gasteiger partial charge in [0.25, 0.3) is 0 Å². The largest absolute Gasteiger partial charge is 0.496 e. The Morgan fingerprint density at radius 2 is 1.10 bits per heavy atom. The summed E-state index contributed by atoms with van der Waals surface area (Å²) in [6, 6.07) is 51.2. The number of fused-ring (bicyclic) bond motifs is 5. The molecule has 1 aromatic heterocycles. The third kappa shape index (κ3) is 10.7. The lowest BCUT2D eigenvalue weighted by Crippen LogP contribution is -2.60. The van der Waals surface area contributed by atoms with E-state index in [2.05, 4.69) is 0 Å². The molecule has 5 atom stereocenters. The van der Waals surface area contributed by atoms with E-state index in [4.69, 9.17) is 47.0 Å². The highest BCUT2D eigenvalue weighted by molar-refractivity contribution is 6.18. The van der Waals surface area contributed by atoms with Gasteiger partial charge in [-0.25, -0.2) is 4.79 Å². The number of hydrogen-bond donors (Lipinski definition) is 0. The van der Waals surface area contributed by atoms with Crippen molar-refractivity contribution in [3.63, 3.8) is 0 Å². The first-order chi connectivity index (χ1) is 33.0. The minimum atomic E-state index is -1.03. The van der Waals surface area contributed by atoms with Crippen molar-refractivity contribution in [2.75, 3.05) is 27.6 Å². The molecular weight excluding hydrogens is 849 g/mol. The first-order valence-corrected chi connectivity index (χ1v) is 22.5. The maximum atomic E-state index is 14.1. The number of rotatable bonds is 20. The molecule has 7 aromatic carbocycles. The fourth-order valence-corrected chi connectivity index (χ4v) is 8.62. The van der Waals surface area contributed by atoms with Crippen molar-refractivity contribution >= 4 is 32.5 Å². The average molecular weight is 903 g/mol. The van der Waals surface area contributed by atoms with Gasteiger partial charge in [-0.3, -0.25) is 0 Å². The molecule has 0 aliphatic carbocycles. The maximum Gasteiger partial charge on any atom is 0.344 e. The predicted molar refractivity (Wildman–Crippen MR) is 256 cm³/mol. The fourth-order valence-electron chi connectivity index (χ4n) is 8.62. The Hall–Kier alpha value is -6.57. The second-order valence-corrected chi connectivity index (χ2v) is 16.5. The van der Waals surface area contributed by atoms with Crippen LogP contribution in [0.1, 0.15) is 34.7 Å². The topological polar surface area (TPSA) is 113 Å². The van der Waals surface area contributed by atoms with E-state index in [0.717, 1.165) is 27.8 Å². The van der Waals surface area contributed by atoms with Crippen molar-refractivity contribution in [1.82, 2.24) is 0 Å². The van der Waals surface area contributed by atoms with Gasteiger partial charge in [-0.1, -0.05) is 133 Å². The number of hydrogen-bond acceptors (Lipinski definition) is 11. The SMILES string of the molecule is COCOCCc1cc(OC)c2c(c1)c(=O)oc1c3cccc(OCc4ccccc4)c3c(O[C@@H]3O[C@@H](C)[C@H](OCc4ccccc4)[C@@H](OCc4ccccc4)[C@H]3OCc3ccccc3)cc12. The lowest BCUT2D eigenvalue weighted by molar-refractivity contribution is -0.300. The van der Waals surface area contributed by atoms with Crippen LogP contribution in [0.2, 0.25) is 0 Å². The van der Waals surface area contributed by atoms with Crippen LogP contribution >= 0.6 is 0 Å². The number of ether oxygens (including phenoxy) is 9. The molecule has 1 aliphatic rings. The highest BCUT2D eigenvalue weighted by atomic mass is 16.7. The molecule has 0 radical (unpaired) electrons. The molecular formula is C56H54O11. The van der Waals surface area contributed by atoms with Gasteiger partial charge in [-0.2, -0.15) is 0 Å². The summed E-state index contributed by atoms with van der Waals surface area (Å²) in [5, 5.41) is 2.72. The van der Waals surface area contributed by atoms with Crippen LogP contribution in [0, 0.1) is 0 Å². The second-order valence-electron chi connectivity index (χ2n) is 16.5. The van der Waals surface area contributed by atoms with Crippen LogP contribution in [0.5, 0.6) is 17.2 Å². The molecule has 67 heavy (non-hydrogen) atoms. The Morgan fingerprint density at radius 1 is 0.522 bits per heavy atom. The summed E-state index contributed by atoms with van der Waals surface area (Å²) in [6.45, 7) is 3.67. The van der Waals surface area contributed by atoms with Gasteiger partial charge in [-0.05, 0) is 65.4 Å². The summed E-state index contributed by atoms with van der Waals surface area (Å²) in [4.78, 5) is 14.1. The molecule has 0 amide bonds. The Balaban J connectivity index is 1.18. The van der Waals surface area contributed by atoms with Gasteiger partial charge in [-0.15, -0.1) is 0 Å². The van der Waals surface area contributed by atoms with E-state index in [1.165, 1.54) is 0 Å². The number of methoxy groups -OCH3 is 2. The van der Waals surface area contributed by atoms with Gasteiger partial charge in [0.15, 0.2) is 0 Å². The Kier molecular flexibility index (Phi) is 14.8. The lowest BCUT2D eigenvalue weighted by Gasteiger charge is -2.45. The van der Waals surface area contributed by atoms with Crippen LogP contribution in [-0.4, -0.2) is 58.3 Å². The fraction of sp³-hybridized carbons (Fsp3) is 0.268. The normalized spacial score (nSPS) is 18.3. The Morgan fingerprint density at radius 3 is 1.70 bits per heavy atom. The molecule has 0 bridgehead atoms. The third-order valence-corrected chi connectivity index (χ3v) is 11.9. The Bertz CT molecular complexity index is 2910. The van der Waals surface area contributed by atoms with Crippen molar-refractivity contribution in [2.45, 2.75) is 70.5 Å². The van der Waals surface area contributed by atoms with Crippen LogP contribution in [0.25, 0.3) is 32.5 Å². The van der Waals surface area contributed by atoms with E-state index < -0.39 is 36.3 Å². The molecule has 0 N–H and O–H groups in total. The molecule has 0 saturated carbocycles. The third-order valence-electron chi connectivity index (χ3n) is 11.9. The smallest absolute Gasteiger partial charge is 0.344 e. The molecule has 344 valence electrons. The van der Waals surface area contributed by atoms with Crippen molar-refractivity contribution in [2.24, 2.45) is 0 Å². The molecule has 2 heterocycles. The lowest BCUT2D eigenvalue weighted by atomic mass is 9.97. The summed E-state index contributed by atoms with van der Waals surface area (Å²) < 4.78 is 64.3. The van der Waals surface area contributed by atoms with E-state index >= 15 is 0 Å². The van der Waals surface area contributed by atoms with Crippen molar-refractivity contribution < 1.29 is 47.0 Å². The van der Waals surface area contributed by atoms with E-state index in [1.54, 1.807) is 14.2 Å². The van der Waals surface area contributed by atoms with Gasteiger partial charge in [0.1, 0.15) is 54.5 Å². The molecule has 11 nitrogen and oxygen atoms in total. The molecule has 1 saturated heterocycles. The van der Waals surface area contributed by atoms with Crippen LogP contribution in [0.15, 0.2) is 167 Å². The Labute approximate surface area is 389 Å². The summed E-state index contributed by atoms with van der Waals surface area (Å²) in [5.74, 6) is 1.43. The predicted octanol–water partition coefficient (Wildman–Crippen LogP) is 10.7. The summed E-state index contributed by atoms with van der Waals surface area (Å²) in [6.07, 6.45) is -3.05. The van der Waals surface area contributed by atoms with Crippen LogP contribution in [-0.2, 0) is 61.3 Å². The number of benzene rings is 7.